The lowest BCUT2D eigenvalue weighted by atomic mass is 9.70. The van der Waals surface area contributed by atoms with Crippen molar-refractivity contribution in [1.29, 1.82) is 0 Å². The Bertz CT molecular complexity index is 758. The summed E-state index contributed by atoms with van der Waals surface area (Å²) in [6, 6.07) is 8.53. The predicted molar refractivity (Wildman–Crippen MR) is 102 cm³/mol. The predicted octanol–water partition coefficient (Wildman–Crippen LogP) is 3.86. The molecule has 0 aromatic heterocycles. The lowest BCUT2D eigenvalue weighted by Crippen LogP contribution is -2.47. The molecule has 146 valence electrons. The van der Waals surface area contributed by atoms with Gasteiger partial charge in [0, 0.05) is 24.4 Å². The topological polar surface area (TPSA) is 55.8 Å². The van der Waals surface area contributed by atoms with Crippen molar-refractivity contribution in [1.82, 2.24) is 4.90 Å². The van der Waals surface area contributed by atoms with Gasteiger partial charge in [-0.25, -0.2) is 4.79 Å². The van der Waals surface area contributed by atoms with Crippen molar-refractivity contribution in [2.75, 3.05) is 19.7 Å². The highest BCUT2D eigenvalue weighted by Crippen LogP contribution is 2.72. The first-order valence-electron chi connectivity index (χ1n) is 10.0. The SMILES string of the molecule is CCOC(=O)C1C2c3ccccc3C3(CCN(C(=O)OC(C)(C)C)CC3)C12. The van der Waals surface area contributed by atoms with E-state index in [9.17, 15) is 9.59 Å². The van der Waals surface area contributed by atoms with Crippen LogP contribution in [0, 0.1) is 11.8 Å². The zero-order valence-electron chi connectivity index (χ0n) is 16.7. The molecule has 0 N–H and O–H groups in total. The molecule has 1 saturated carbocycles. The minimum atomic E-state index is -0.483. The molecule has 2 fully saturated rings. The van der Waals surface area contributed by atoms with Gasteiger partial charge in [-0.3, -0.25) is 4.79 Å². The molecule has 1 saturated heterocycles. The third-order valence-corrected chi connectivity index (χ3v) is 6.38. The Kier molecular flexibility index (Phi) is 4.24. The molecule has 1 aliphatic heterocycles. The number of carbonyl (C=O) groups excluding carboxylic acids is 2. The summed E-state index contributed by atoms with van der Waals surface area (Å²) in [4.78, 5) is 26.7. The molecular formula is C22H29NO4. The van der Waals surface area contributed by atoms with E-state index >= 15 is 0 Å². The van der Waals surface area contributed by atoms with Crippen LogP contribution in [0.25, 0.3) is 0 Å². The van der Waals surface area contributed by atoms with Gasteiger partial charge < -0.3 is 14.4 Å². The second-order valence-corrected chi connectivity index (χ2v) is 9.04. The van der Waals surface area contributed by atoms with Crippen molar-refractivity contribution in [2.45, 2.75) is 57.5 Å². The monoisotopic (exact) mass is 371 g/mol. The highest BCUT2D eigenvalue weighted by molar-refractivity contribution is 5.81. The molecule has 3 unspecified atom stereocenters. The van der Waals surface area contributed by atoms with Crippen LogP contribution in [-0.2, 0) is 19.7 Å². The van der Waals surface area contributed by atoms with Crippen LogP contribution in [0.3, 0.4) is 0 Å². The molecule has 27 heavy (non-hydrogen) atoms. The van der Waals surface area contributed by atoms with Crippen LogP contribution in [0.2, 0.25) is 0 Å². The zero-order chi connectivity index (χ0) is 19.4. The van der Waals surface area contributed by atoms with E-state index in [-0.39, 0.29) is 29.3 Å². The smallest absolute Gasteiger partial charge is 0.410 e. The first kappa shape index (κ1) is 18.3. The Morgan fingerprint density at radius 2 is 1.85 bits per heavy atom. The average molecular weight is 371 g/mol. The summed E-state index contributed by atoms with van der Waals surface area (Å²) < 4.78 is 10.9. The molecule has 3 aliphatic rings. The summed E-state index contributed by atoms with van der Waals surface area (Å²) in [5, 5.41) is 0. The molecule has 5 nitrogen and oxygen atoms in total. The van der Waals surface area contributed by atoms with Crippen molar-refractivity contribution >= 4 is 12.1 Å². The Hall–Kier alpha value is -2.04. The van der Waals surface area contributed by atoms with Crippen molar-refractivity contribution in [3.8, 4) is 0 Å². The molecule has 0 bridgehead atoms. The molecule has 3 atom stereocenters. The molecule has 1 spiro atoms. The van der Waals surface area contributed by atoms with Crippen LogP contribution in [0.1, 0.15) is 57.6 Å². The van der Waals surface area contributed by atoms with Gasteiger partial charge in [0.05, 0.1) is 12.5 Å². The van der Waals surface area contributed by atoms with E-state index in [0.717, 1.165) is 12.8 Å². The van der Waals surface area contributed by atoms with E-state index in [4.69, 9.17) is 9.47 Å². The number of amides is 1. The number of piperidine rings is 1. The molecule has 1 amide bonds. The summed E-state index contributed by atoms with van der Waals surface area (Å²) in [7, 11) is 0. The first-order valence-corrected chi connectivity index (χ1v) is 10.0. The summed E-state index contributed by atoms with van der Waals surface area (Å²) in [6.07, 6.45) is 1.51. The summed E-state index contributed by atoms with van der Waals surface area (Å²) in [5.74, 6) is 0.520. The van der Waals surface area contributed by atoms with E-state index in [1.807, 2.05) is 32.6 Å². The number of rotatable bonds is 2. The van der Waals surface area contributed by atoms with Crippen molar-refractivity contribution in [3.05, 3.63) is 35.4 Å². The van der Waals surface area contributed by atoms with Gasteiger partial charge in [-0.15, -0.1) is 0 Å². The molecule has 4 rings (SSSR count). The van der Waals surface area contributed by atoms with Crippen molar-refractivity contribution < 1.29 is 19.1 Å². The fourth-order valence-electron chi connectivity index (χ4n) is 5.36. The standard InChI is InChI=1S/C22H29NO4/c1-5-26-19(24)17-16-14-8-6-7-9-15(14)22(18(16)17)10-12-23(13-11-22)20(25)27-21(2,3)4/h6-9,16-18H,5,10-13H2,1-4H3. The number of carbonyl (C=O) groups is 2. The lowest BCUT2D eigenvalue weighted by Gasteiger charge is -2.42. The number of ether oxygens (including phenoxy) is 2. The van der Waals surface area contributed by atoms with Crippen molar-refractivity contribution in [2.24, 2.45) is 11.8 Å². The molecular weight excluding hydrogens is 342 g/mol. The second kappa shape index (κ2) is 6.25. The normalized spacial score (nSPS) is 27.7. The van der Waals surface area contributed by atoms with E-state index in [1.54, 1.807) is 0 Å². The van der Waals surface area contributed by atoms with Gasteiger partial charge in [0.1, 0.15) is 5.60 Å². The maximum atomic E-state index is 12.5. The number of hydrogen-bond donors (Lipinski definition) is 0. The second-order valence-electron chi connectivity index (χ2n) is 9.04. The van der Waals surface area contributed by atoms with Crippen LogP contribution in [0.5, 0.6) is 0 Å². The van der Waals surface area contributed by atoms with E-state index in [1.165, 1.54) is 11.1 Å². The molecule has 1 aromatic carbocycles. The Labute approximate surface area is 161 Å². The minimum Gasteiger partial charge on any atom is -0.466 e. The van der Waals surface area contributed by atoms with Gasteiger partial charge in [0.25, 0.3) is 0 Å². The van der Waals surface area contributed by atoms with Gasteiger partial charge in [0.15, 0.2) is 0 Å². The number of fused-ring (bicyclic) bond motifs is 5. The third-order valence-electron chi connectivity index (χ3n) is 6.38. The van der Waals surface area contributed by atoms with Crippen LogP contribution >= 0.6 is 0 Å². The maximum Gasteiger partial charge on any atom is 0.410 e. The summed E-state index contributed by atoms with van der Waals surface area (Å²) in [6.45, 7) is 9.30. The largest absolute Gasteiger partial charge is 0.466 e. The van der Waals surface area contributed by atoms with E-state index in [2.05, 4.69) is 24.3 Å². The molecule has 2 aliphatic carbocycles. The van der Waals surface area contributed by atoms with Gasteiger partial charge in [-0.1, -0.05) is 24.3 Å². The van der Waals surface area contributed by atoms with Gasteiger partial charge >= 0.3 is 12.1 Å². The fourth-order valence-corrected chi connectivity index (χ4v) is 5.36. The first-order chi connectivity index (χ1) is 12.8. The molecule has 0 radical (unpaired) electrons. The van der Waals surface area contributed by atoms with E-state index in [0.29, 0.717) is 25.6 Å². The van der Waals surface area contributed by atoms with E-state index < -0.39 is 5.60 Å². The number of esters is 1. The van der Waals surface area contributed by atoms with Gasteiger partial charge in [-0.05, 0) is 57.6 Å². The Morgan fingerprint density at radius 1 is 1.19 bits per heavy atom. The van der Waals surface area contributed by atoms with Crippen LogP contribution in [0.15, 0.2) is 24.3 Å². The van der Waals surface area contributed by atoms with Gasteiger partial charge in [0.2, 0.25) is 0 Å². The molecule has 1 heterocycles. The zero-order valence-corrected chi connectivity index (χ0v) is 16.7. The van der Waals surface area contributed by atoms with Crippen LogP contribution in [0.4, 0.5) is 4.79 Å². The number of hydrogen-bond acceptors (Lipinski definition) is 4. The number of benzene rings is 1. The van der Waals surface area contributed by atoms with Crippen molar-refractivity contribution in [3.63, 3.8) is 0 Å². The molecule has 1 aromatic rings. The Balaban J connectivity index is 1.55. The number of likely N-dealkylation sites (tertiary alicyclic amines) is 1. The third kappa shape index (κ3) is 2.91. The number of nitrogens with zero attached hydrogens (tertiary/aromatic N) is 1. The van der Waals surface area contributed by atoms with Crippen LogP contribution in [-0.4, -0.2) is 42.3 Å². The quantitative estimate of drug-likeness (QED) is 0.741. The molecule has 5 heteroatoms. The Morgan fingerprint density at radius 3 is 2.48 bits per heavy atom. The lowest BCUT2D eigenvalue weighted by molar-refractivity contribution is -0.145. The fraction of sp³-hybridized carbons (Fsp3) is 0.636. The van der Waals surface area contributed by atoms with Gasteiger partial charge in [-0.2, -0.15) is 0 Å². The highest BCUT2D eigenvalue weighted by Gasteiger charge is 2.70. The minimum absolute atomic E-state index is 0.0167. The summed E-state index contributed by atoms with van der Waals surface area (Å²) in [5.41, 5.74) is 2.19. The average Bonchev–Trinajstić information content (AvgIpc) is 3.31. The maximum absolute atomic E-state index is 12.5. The summed E-state index contributed by atoms with van der Waals surface area (Å²) >= 11 is 0. The highest BCUT2D eigenvalue weighted by atomic mass is 16.6. The van der Waals surface area contributed by atoms with Crippen LogP contribution < -0.4 is 0 Å².